The average Bonchev–Trinajstić information content (AvgIpc) is 2.91. The van der Waals surface area contributed by atoms with Crippen molar-refractivity contribution >= 4 is 11.8 Å². The molecule has 20 heavy (non-hydrogen) atoms. The summed E-state index contributed by atoms with van der Waals surface area (Å²) < 4.78 is 5.56. The molecule has 0 N–H and O–H groups in total. The van der Waals surface area contributed by atoms with Crippen molar-refractivity contribution in [2.24, 2.45) is 29.1 Å². The Morgan fingerprint density at radius 2 is 2.10 bits per heavy atom. The van der Waals surface area contributed by atoms with Crippen molar-refractivity contribution in [1.82, 2.24) is 0 Å². The molecule has 0 bridgehead atoms. The summed E-state index contributed by atoms with van der Waals surface area (Å²) in [4.78, 5) is 23.7. The van der Waals surface area contributed by atoms with Crippen molar-refractivity contribution in [1.29, 1.82) is 0 Å². The molecule has 1 spiro atoms. The van der Waals surface area contributed by atoms with E-state index in [1.807, 2.05) is 13.0 Å². The lowest BCUT2D eigenvalue weighted by Gasteiger charge is -2.36. The molecule has 0 aromatic rings. The summed E-state index contributed by atoms with van der Waals surface area (Å²) in [6.45, 7) is 11.8. The predicted molar refractivity (Wildman–Crippen MR) is 75.8 cm³/mol. The van der Waals surface area contributed by atoms with Crippen LogP contribution in [0.4, 0.5) is 0 Å². The number of rotatable bonds is 2. The van der Waals surface area contributed by atoms with E-state index in [2.05, 4.69) is 20.4 Å². The molecule has 108 valence electrons. The molecule has 0 heterocycles. The van der Waals surface area contributed by atoms with E-state index in [4.69, 9.17) is 4.74 Å². The van der Waals surface area contributed by atoms with Gasteiger partial charge in [-0.25, -0.2) is 0 Å². The molecule has 2 fully saturated rings. The first kappa shape index (κ1) is 13.6. The van der Waals surface area contributed by atoms with Gasteiger partial charge < -0.3 is 4.74 Å². The maximum Gasteiger partial charge on any atom is 0.302 e. The second-order valence-electron chi connectivity index (χ2n) is 6.85. The van der Waals surface area contributed by atoms with Crippen LogP contribution < -0.4 is 0 Å². The van der Waals surface area contributed by atoms with Gasteiger partial charge in [-0.3, -0.25) is 9.59 Å². The van der Waals surface area contributed by atoms with Crippen LogP contribution in [0.1, 0.15) is 34.1 Å². The van der Waals surface area contributed by atoms with Gasteiger partial charge in [-0.05, 0) is 38.2 Å². The van der Waals surface area contributed by atoms with Crippen LogP contribution in [0, 0.1) is 29.1 Å². The lowest BCUT2D eigenvalue weighted by molar-refractivity contribution is -0.151. The molecule has 0 radical (unpaired) electrons. The van der Waals surface area contributed by atoms with Gasteiger partial charge in [-0.15, -0.1) is 0 Å². The minimum absolute atomic E-state index is 0.0565. The quantitative estimate of drug-likeness (QED) is 0.574. The van der Waals surface area contributed by atoms with E-state index in [1.54, 1.807) is 0 Å². The second-order valence-corrected chi connectivity index (χ2v) is 6.85. The highest BCUT2D eigenvalue weighted by molar-refractivity contribution is 5.98. The predicted octanol–water partition coefficient (Wildman–Crippen LogP) is 2.91. The van der Waals surface area contributed by atoms with Gasteiger partial charge >= 0.3 is 5.97 Å². The van der Waals surface area contributed by atoms with E-state index in [-0.39, 0.29) is 46.9 Å². The summed E-state index contributed by atoms with van der Waals surface area (Å²) in [5.74, 6) is 0.860. The van der Waals surface area contributed by atoms with Crippen LogP contribution in [0.5, 0.6) is 0 Å². The SMILES string of the molecule is C=C(C)[C@@H]1[C@@H]2[C@H](OC(C)=O)C[C@H](C)[C@H]3C(=O)C=C(C)[C@]213. The molecule has 0 aliphatic heterocycles. The summed E-state index contributed by atoms with van der Waals surface area (Å²) in [6.07, 6.45) is 2.52. The van der Waals surface area contributed by atoms with Gasteiger partial charge in [0.1, 0.15) is 6.10 Å². The van der Waals surface area contributed by atoms with Crippen molar-refractivity contribution in [3.05, 3.63) is 23.8 Å². The number of carbonyl (C=O) groups excluding carboxylic acids is 2. The summed E-state index contributed by atoms with van der Waals surface area (Å²) in [6, 6.07) is 0. The van der Waals surface area contributed by atoms with Crippen LogP contribution in [0.25, 0.3) is 0 Å². The smallest absolute Gasteiger partial charge is 0.302 e. The molecule has 0 unspecified atom stereocenters. The highest BCUT2D eigenvalue weighted by Gasteiger charge is 2.77. The molecule has 0 aromatic heterocycles. The second kappa shape index (κ2) is 4.06. The Labute approximate surface area is 120 Å². The summed E-state index contributed by atoms with van der Waals surface area (Å²) in [5, 5.41) is 0. The zero-order chi connectivity index (χ0) is 14.8. The normalized spacial score (nSPS) is 45.3. The molecular formula is C17H22O3. The van der Waals surface area contributed by atoms with Crippen LogP contribution in [0.15, 0.2) is 23.8 Å². The molecule has 0 amide bonds. The van der Waals surface area contributed by atoms with Gasteiger partial charge in [0.2, 0.25) is 0 Å². The molecular weight excluding hydrogens is 252 g/mol. The van der Waals surface area contributed by atoms with E-state index < -0.39 is 0 Å². The van der Waals surface area contributed by atoms with Crippen molar-refractivity contribution in [3.8, 4) is 0 Å². The van der Waals surface area contributed by atoms with Crippen molar-refractivity contribution in [2.45, 2.75) is 40.2 Å². The third kappa shape index (κ3) is 1.46. The largest absolute Gasteiger partial charge is 0.462 e. The Hall–Kier alpha value is -1.38. The first-order valence-corrected chi connectivity index (χ1v) is 7.37. The minimum Gasteiger partial charge on any atom is -0.462 e. The topological polar surface area (TPSA) is 43.4 Å². The Bertz CT molecular complexity index is 544. The average molecular weight is 274 g/mol. The monoisotopic (exact) mass is 274 g/mol. The summed E-state index contributed by atoms with van der Waals surface area (Å²) in [7, 11) is 0. The molecule has 3 nitrogen and oxygen atoms in total. The van der Waals surface area contributed by atoms with E-state index in [0.29, 0.717) is 0 Å². The van der Waals surface area contributed by atoms with E-state index in [1.165, 1.54) is 6.92 Å². The molecule has 0 aromatic carbocycles. The lowest BCUT2D eigenvalue weighted by atomic mass is 9.69. The van der Waals surface area contributed by atoms with Crippen LogP contribution >= 0.6 is 0 Å². The number of carbonyl (C=O) groups is 2. The Balaban J connectivity index is 2.04. The van der Waals surface area contributed by atoms with Crippen molar-refractivity contribution in [2.75, 3.05) is 0 Å². The zero-order valence-corrected chi connectivity index (χ0v) is 12.6. The highest BCUT2D eigenvalue weighted by Crippen LogP contribution is 2.77. The van der Waals surface area contributed by atoms with E-state index in [0.717, 1.165) is 17.6 Å². The molecule has 2 saturated carbocycles. The molecule has 0 saturated heterocycles. The Kier molecular flexibility index (Phi) is 2.76. The molecule has 3 rings (SSSR count). The fourth-order valence-electron chi connectivity index (χ4n) is 5.22. The van der Waals surface area contributed by atoms with Gasteiger partial charge in [-0.2, -0.15) is 0 Å². The van der Waals surface area contributed by atoms with Gasteiger partial charge in [0.25, 0.3) is 0 Å². The van der Waals surface area contributed by atoms with Gasteiger partial charge in [0.15, 0.2) is 5.78 Å². The third-order valence-electron chi connectivity index (χ3n) is 5.60. The fraction of sp³-hybridized carbons (Fsp3) is 0.647. The number of ketones is 1. The summed E-state index contributed by atoms with van der Waals surface area (Å²) in [5.41, 5.74) is 2.16. The molecule has 6 atom stereocenters. The van der Waals surface area contributed by atoms with Gasteiger partial charge in [0.05, 0.1) is 0 Å². The maximum absolute atomic E-state index is 12.3. The fourth-order valence-corrected chi connectivity index (χ4v) is 5.22. The minimum atomic E-state index is -0.228. The highest BCUT2D eigenvalue weighted by atomic mass is 16.5. The maximum atomic E-state index is 12.3. The van der Waals surface area contributed by atoms with Gasteiger partial charge in [-0.1, -0.05) is 24.6 Å². The first-order chi connectivity index (χ1) is 9.31. The molecule has 3 heteroatoms. The number of ether oxygens (including phenoxy) is 1. The Morgan fingerprint density at radius 1 is 1.45 bits per heavy atom. The zero-order valence-electron chi connectivity index (χ0n) is 12.6. The lowest BCUT2D eigenvalue weighted by Crippen LogP contribution is -2.38. The van der Waals surface area contributed by atoms with Crippen LogP contribution in [-0.2, 0) is 14.3 Å². The number of esters is 1. The van der Waals surface area contributed by atoms with Crippen molar-refractivity contribution in [3.63, 3.8) is 0 Å². The van der Waals surface area contributed by atoms with Crippen LogP contribution in [0.2, 0.25) is 0 Å². The van der Waals surface area contributed by atoms with Crippen LogP contribution in [-0.4, -0.2) is 17.9 Å². The summed E-state index contributed by atoms with van der Waals surface area (Å²) >= 11 is 0. The number of allylic oxidation sites excluding steroid dienone is 3. The number of hydrogen-bond donors (Lipinski definition) is 0. The van der Waals surface area contributed by atoms with Gasteiger partial charge in [0, 0.05) is 24.2 Å². The molecule has 3 aliphatic rings. The standard InChI is InChI=1S/C17H22O3/c1-8(2)14-16-13(20-11(5)18)6-9(3)15-12(19)7-10(4)17(14,15)16/h7,9,13-16H,1,6H2,2-5H3/t9-,13+,14+,15-,16-,17-/m0/s1. The van der Waals surface area contributed by atoms with E-state index in [9.17, 15) is 9.59 Å². The van der Waals surface area contributed by atoms with E-state index >= 15 is 0 Å². The first-order valence-electron chi connectivity index (χ1n) is 7.37. The van der Waals surface area contributed by atoms with Crippen LogP contribution in [0.3, 0.4) is 0 Å². The molecule has 3 aliphatic carbocycles. The number of hydrogen-bond acceptors (Lipinski definition) is 3. The Morgan fingerprint density at radius 3 is 2.65 bits per heavy atom. The third-order valence-corrected chi connectivity index (χ3v) is 5.60. The van der Waals surface area contributed by atoms with Crippen molar-refractivity contribution < 1.29 is 14.3 Å².